The van der Waals surface area contributed by atoms with Gasteiger partial charge >= 0.3 is 5.97 Å². The average Bonchev–Trinajstić information content (AvgIpc) is 2.69. The molecule has 0 radical (unpaired) electrons. The standard InChI is InChI=1S/C22H20O3/c1-24-20-14-12-17(13-15-20)16-8-10-19(11-9-16)21(22(23)25-2)18-6-4-3-5-7-18/h3-15,21H,1-2H3. The molecule has 25 heavy (non-hydrogen) atoms. The number of hydrogen-bond donors (Lipinski definition) is 0. The van der Waals surface area contributed by atoms with Crippen LogP contribution in [0.4, 0.5) is 0 Å². The van der Waals surface area contributed by atoms with E-state index in [0.29, 0.717) is 0 Å². The maximum absolute atomic E-state index is 12.3. The number of carbonyl (C=O) groups excluding carboxylic acids is 1. The molecule has 3 nitrogen and oxygen atoms in total. The zero-order chi connectivity index (χ0) is 17.6. The quantitative estimate of drug-likeness (QED) is 0.637. The van der Waals surface area contributed by atoms with E-state index in [1.807, 2.05) is 78.9 Å². The van der Waals surface area contributed by atoms with Crippen molar-refractivity contribution in [2.45, 2.75) is 5.92 Å². The lowest BCUT2D eigenvalue weighted by Crippen LogP contribution is -2.15. The van der Waals surface area contributed by atoms with E-state index in [4.69, 9.17) is 9.47 Å². The molecule has 0 spiro atoms. The molecular weight excluding hydrogens is 312 g/mol. The summed E-state index contributed by atoms with van der Waals surface area (Å²) in [6.07, 6.45) is 0. The van der Waals surface area contributed by atoms with Crippen LogP contribution < -0.4 is 4.74 Å². The van der Waals surface area contributed by atoms with Crippen LogP contribution in [0.5, 0.6) is 5.75 Å². The first-order valence-electron chi connectivity index (χ1n) is 8.10. The van der Waals surface area contributed by atoms with Gasteiger partial charge in [0.1, 0.15) is 11.7 Å². The molecule has 1 unspecified atom stereocenters. The Morgan fingerprint density at radius 1 is 0.720 bits per heavy atom. The van der Waals surface area contributed by atoms with Gasteiger partial charge in [0.05, 0.1) is 14.2 Å². The lowest BCUT2D eigenvalue weighted by atomic mass is 9.90. The number of ether oxygens (including phenoxy) is 2. The molecular formula is C22H20O3. The van der Waals surface area contributed by atoms with Crippen molar-refractivity contribution in [2.24, 2.45) is 0 Å². The molecule has 0 amide bonds. The second-order valence-corrected chi connectivity index (χ2v) is 5.72. The predicted molar refractivity (Wildman–Crippen MR) is 98.7 cm³/mol. The first-order valence-corrected chi connectivity index (χ1v) is 8.10. The first-order chi connectivity index (χ1) is 12.2. The second-order valence-electron chi connectivity index (χ2n) is 5.72. The van der Waals surface area contributed by atoms with Crippen molar-refractivity contribution < 1.29 is 14.3 Å². The molecule has 126 valence electrons. The Hall–Kier alpha value is -3.07. The molecule has 0 saturated heterocycles. The SMILES string of the molecule is COC(=O)C(c1ccccc1)c1ccc(-c2ccc(OC)cc2)cc1. The third-order valence-electron chi connectivity index (χ3n) is 4.24. The van der Waals surface area contributed by atoms with E-state index in [1.165, 1.54) is 7.11 Å². The summed E-state index contributed by atoms with van der Waals surface area (Å²) in [5.41, 5.74) is 4.02. The topological polar surface area (TPSA) is 35.5 Å². The van der Waals surface area contributed by atoms with E-state index < -0.39 is 5.92 Å². The molecule has 0 aromatic heterocycles. The van der Waals surface area contributed by atoms with E-state index in [0.717, 1.165) is 28.0 Å². The van der Waals surface area contributed by atoms with Gasteiger partial charge in [-0.25, -0.2) is 0 Å². The monoisotopic (exact) mass is 332 g/mol. The fraction of sp³-hybridized carbons (Fsp3) is 0.136. The van der Waals surface area contributed by atoms with Gasteiger partial charge in [0.25, 0.3) is 0 Å². The number of esters is 1. The van der Waals surface area contributed by atoms with Gasteiger partial charge in [-0.2, -0.15) is 0 Å². The summed E-state index contributed by atoms with van der Waals surface area (Å²) in [7, 11) is 3.07. The lowest BCUT2D eigenvalue weighted by Gasteiger charge is -2.16. The minimum atomic E-state index is -0.420. The van der Waals surface area contributed by atoms with Gasteiger partial charge in [0.2, 0.25) is 0 Å². The van der Waals surface area contributed by atoms with Gasteiger partial charge in [0.15, 0.2) is 0 Å². The first kappa shape index (κ1) is 16.8. The van der Waals surface area contributed by atoms with E-state index in [1.54, 1.807) is 7.11 Å². The van der Waals surface area contributed by atoms with Gasteiger partial charge in [0, 0.05) is 0 Å². The highest BCUT2D eigenvalue weighted by Crippen LogP contribution is 2.29. The summed E-state index contributed by atoms with van der Waals surface area (Å²) in [6.45, 7) is 0. The van der Waals surface area contributed by atoms with Gasteiger partial charge in [-0.1, -0.05) is 66.7 Å². The summed E-state index contributed by atoms with van der Waals surface area (Å²) in [5, 5.41) is 0. The number of carbonyl (C=O) groups is 1. The second kappa shape index (κ2) is 7.67. The van der Waals surface area contributed by atoms with Crippen LogP contribution in [0.15, 0.2) is 78.9 Å². The van der Waals surface area contributed by atoms with Crippen molar-refractivity contribution in [1.29, 1.82) is 0 Å². The fourth-order valence-corrected chi connectivity index (χ4v) is 2.88. The summed E-state index contributed by atoms with van der Waals surface area (Å²) in [5.74, 6) is 0.148. The Balaban J connectivity index is 1.92. The maximum atomic E-state index is 12.3. The third-order valence-corrected chi connectivity index (χ3v) is 4.24. The van der Waals surface area contributed by atoms with E-state index in [-0.39, 0.29) is 5.97 Å². The molecule has 0 fully saturated rings. The van der Waals surface area contributed by atoms with Gasteiger partial charge in [-0.15, -0.1) is 0 Å². The van der Waals surface area contributed by atoms with Crippen LogP contribution in [0.25, 0.3) is 11.1 Å². The minimum absolute atomic E-state index is 0.261. The Morgan fingerprint density at radius 3 is 1.76 bits per heavy atom. The van der Waals surface area contributed by atoms with Crippen LogP contribution in [0, 0.1) is 0 Å². The normalized spacial score (nSPS) is 11.6. The van der Waals surface area contributed by atoms with Crippen molar-refractivity contribution >= 4 is 5.97 Å². The van der Waals surface area contributed by atoms with Gasteiger partial charge in [-0.05, 0) is 34.4 Å². The number of rotatable bonds is 5. The van der Waals surface area contributed by atoms with Gasteiger partial charge in [-0.3, -0.25) is 4.79 Å². The van der Waals surface area contributed by atoms with Crippen LogP contribution in [-0.4, -0.2) is 20.2 Å². The van der Waals surface area contributed by atoms with Crippen LogP contribution in [0.2, 0.25) is 0 Å². The molecule has 0 saturated carbocycles. The smallest absolute Gasteiger partial charge is 0.317 e. The van der Waals surface area contributed by atoms with Crippen molar-refractivity contribution in [3.05, 3.63) is 90.0 Å². The Morgan fingerprint density at radius 2 is 1.24 bits per heavy atom. The largest absolute Gasteiger partial charge is 0.497 e. The molecule has 0 N–H and O–H groups in total. The summed E-state index contributed by atoms with van der Waals surface area (Å²) >= 11 is 0. The third kappa shape index (κ3) is 3.72. The van der Waals surface area contributed by atoms with E-state index in [2.05, 4.69) is 0 Å². The van der Waals surface area contributed by atoms with Crippen LogP contribution in [0.1, 0.15) is 17.0 Å². The zero-order valence-corrected chi connectivity index (χ0v) is 14.3. The Bertz CT molecular complexity index is 821. The summed E-state index contributed by atoms with van der Waals surface area (Å²) in [6, 6.07) is 25.6. The highest BCUT2D eigenvalue weighted by molar-refractivity contribution is 5.82. The zero-order valence-electron chi connectivity index (χ0n) is 14.3. The molecule has 0 bridgehead atoms. The van der Waals surface area contributed by atoms with Gasteiger partial charge < -0.3 is 9.47 Å². The summed E-state index contributed by atoms with van der Waals surface area (Å²) in [4.78, 5) is 12.3. The van der Waals surface area contributed by atoms with Crippen molar-refractivity contribution in [1.82, 2.24) is 0 Å². The molecule has 0 heterocycles. The Labute approximate surface area is 147 Å². The van der Waals surface area contributed by atoms with E-state index >= 15 is 0 Å². The Kier molecular flexibility index (Phi) is 5.14. The fourth-order valence-electron chi connectivity index (χ4n) is 2.88. The average molecular weight is 332 g/mol. The van der Waals surface area contributed by atoms with Crippen LogP contribution in [-0.2, 0) is 9.53 Å². The molecule has 3 aromatic rings. The van der Waals surface area contributed by atoms with Crippen molar-refractivity contribution in [3.8, 4) is 16.9 Å². The molecule has 0 aliphatic rings. The molecule has 3 rings (SSSR count). The lowest BCUT2D eigenvalue weighted by molar-refractivity contribution is -0.141. The predicted octanol–water partition coefficient (Wildman–Crippen LogP) is 4.67. The molecule has 0 aliphatic carbocycles. The minimum Gasteiger partial charge on any atom is -0.497 e. The summed E-state index contributed by atoms with van der Waals surface area (Å²) < 4.78 is 10.2. The molecule has 1 atom stereocenters. The van der Waals surface area contributed by atoms with Crippen LogP contribution >= 0.6 is 0 Å². The molecule has 0 aliphatic heterocycles. The van der Waals surface area contributed by atoms with Crippen molar-refractivity contribution in [2.75, 3.05) is 14.2 Å². The molecule has 3 heteroatoms. The van der Waals surface area contributed by atoms with E-state index in [9.17, 15) is 4.79 Å². The number of methoxy groups -OCH3 is 2. The molecule has 3 aromatic carbocycles. The number of benzene rings is 3. The van der Waals surface area contributed by atoms with Crippen LogP contribution in [0.3, 0.4) is 0 Å². The highest BCUT2D eigenvalue weighted by atomic mass is 16.5. The maximum Gasteiger partial charge on any atom is 0.317 e. The number of hydrogen-bond acceptors (Lipinski definition) is 3. The van der Waals surface area contributed by atoms with Crippen molar-refractivity contribution in [3.63, 3.8) is 0 Å². The highest BCUT2D eigenvalue weighted by Gasteiger charge is 2.23.